The lowest BCUT2D eigenvalue weighted by Gasteiger charge is -2.31. The smallest absolute Gasteiger partial charge is 0.249 e. The van der Waals surface area contributed by atoms with Gasteiger partial charge in [0.1, 0.15) is 22.7 Å². The van der Waals surface area contributed by atoms with E-state index in [2.05, 4.69) is 21.9 Å². The van der Waals surface area contributed by atoms with Crippen LogP contribution in [0.3, 0.4) is 0 Å². The summed E-state index contributed by atoms with van der Waals surface area (Å²) >= 11 is 0. The molecule has 14 aromatic rings. The molecule has 0 fully saturated rings. The van der Waals surface area contributed by atoms with E-state index in [1.165, 1.54) is 18.3 Å². The molecule has 0 saturated heterocycles. The van der Waals surface area contributed by atoms with Gasteiger partial charge in [0, 0.05) is 35.5 Å². The van der Waals surface area contributed by atoms with Crippen molar-refractivity contribution in [2.75, 3.05) is 9.80 Å². The lowest BCUT2D eigenvalue weighted by atomic mass is 10.00. The van der Waals surface area contributed by atoms with Crippen molar-refractivity contribution in [3.63, 3.8) is 0 Å². The first kappa shape index (κ1) is 35.0. The third-order valence-corrected chi connectivity index (χ3v) is 14.6. The molecule has 0 amide bonds. The van der Waals surface area contributed by atoms with Gasteiger partial charge in [-0.1, -0.05) is 103 Å². The lowest BCUT2D eigenvalue weighted by molar-refractivity contribution is -0.645. The Labute approximate surface area is 469 Å². The average molecular weight is 1030 g/mol. The summed E-state index contributed by atoms with van der Waals surface area (Å²) in [6, 6.07) is 77.3. The SMILES string of the molecule is [2H]C([2H])([2H])n1c[n+](-c2cccc(N(c3cccc(-[n+]4cn(C([2H])([2H])[2H])c5ccccc54)c3)c3ccc(N(c4cccc(-n5c[n+](C([2H])([2H])[2H])c6ccccc65)c4)c4cccc(-n5c[n+](C([2H])([2H])[2H])c6ccccc65)c4)c(-c4ccccc4)c3)c2)c2ccccc21. The molecule has 0 atom stereocenters. The van der Waals surface area contributed by atoms with Crippen molar-refractivity contribution in [1.82, 2.24) is 18.3 Å². The fraction of sp³-hybridized carbons (Fsp3) is 0.0588. The molecule has 0 N–H and O–H groups in total. The Bertz CT molecular complexity index is 4800. The predicted octanol–water partition coefficient (Wildman–Crippen LogP) is 13.4. The van der Waals surface area contributed by atoms with E-state index in [9.17, 15) is 0 Å². The molecule has 0 bridgehead atoms. The van der Waals surface area contributed by atoms with Crippen LogP contribution in [0.1, 0.15) is 16.4 Å². The maximum absolute atomic E-state index is 8.50. The first-order valence-corrected chi connectivity index (χ1v) is 25.5. The van der Waals surface area contributed by atoms with Crippen molar-refractivity contribution in [3.8, 4) is 33.9 Å². The van der Waals surface area contributed by atoms with Gasteiger partial charge in [0.15, 0.2) is 44.1 Å². The van der Waals surface area contributed by atoms with Crippen molar-refractivity contribution in [3.05, 3.63) is 268 Å². The first-order chi connectivity index (χ1) is 43.2. The Kier molecular flexibility index (Phi) is 8.45. The van der Waals surface area contributed by atoms with Crippen LogP contribution >= 0.6 is 0 Å². The largest absolute Gasteiger partial charge is 0.310 e. The second-order valence-corrected chi connectivity index (χ2v) is 19.2. The van der Waals surface area contributed by atoms with Crippen LogP contribution in [0.4, 0.5) is 34.1 Å². The number of benzene rings is 10. The van der Waals surface area contributed by atoms with Crippen LogP contribution in [0.5, 0.6) is 0 Å². The van der Waals surface area contributed by atoms with Crippen LogP contribution in [0.25, 0.3) is 78.0 Å². The van der Waals surface area contributed by atoms with E-state index in [1.807, 2.05) is 225 Å². The second-order valence-electron chi connectivity index (χ2n) is 19.2. The van der Waals surface area contributed by atoms with E-state index < -0.39 is 27.9 Å². The minimum Gasteiger partial charge on any atom is -0.310 e. The summed E-state index contributed by atoms with van der Waals surface area (Å²) in [5, 5.41) is 0. The zero-order chi connectivity index (χ0) is 62.4. The summed E-state index contributed by atoms with van der Waals surface area (Å²) in [5.74, 6) is 0. The highest BCUT2D eigenvalue weighted by Crippen LogP contribution is 2.46. The highest BCUT2D eigenvalue weighted by atomic mass is 15.2. The summed E-state index contributed by atoms with van der Waals surface area (Å²) in [6.07, 6.45) is 6.42. The molecule has 78 heavy (non-hydrogen) atoms. The summed E-state index contributed by atoms with van der Waals surface area (Å²) < 4.78 is 115. The van der Waals surface area contributed by atoms with Gasteiger partial charge in [0.2, 0.25) is 25.3 Å². The summed E-state index contributed by atoms with van der Waals surface area (Å²) in [4.78, 5) is 4.27. The summed E-state index contributed by atoms with van der Waals surface area (Å²) in [7, 11) is 0. The molecule has 0 aliphatic heterocycles. The van der Waals surface area contributed by atoms with E-state index >= 15 is 0 Å². The first-order valence-electron chi connectivity index (χ1n) is 31.5. The molecule has 10 heteroatoms. The van der Waals surface area contributed by atoms with Crippen LogP contribution < -0.4 is 28.1 Å². The Morgan fingerprint density at radius 2 is 0.782 bits per heavy atom. The van der Waals surface area contributed by atoms with Crippen molar-refractivity contribution < 1.29 is 34.7 Å². The minimum absolute atomic E-state index is 0.533. The number of fused-ring (bicyclic) bond motifs is 4. The van der Waals surface area contributed by atoms with Gasteiger partial charge in [-0.05, 0) is 121 Å². The quantitative estimate of drug-likeness (QED) is 0.121. The van der Waals surface area contributed by atoms with E-state index in [0.717, 1.165) is 22.5 Å². The number of aryl methyl sites for hydroxylation is 4. The highest BCUT2D eigenvalue weighted by molar-refractivity contribution is 5.93. The van der Waals surface area contributed by atoms with Gasteiger partial charge >= 0.3 is 0 Å². The van der Waals surface area contributed by atoms with Crippen molar-refractivity contribution >= 4 is 78.3 Å². The standard InChI is InChI=1S/C68H56N10/c1-69-45-73(65-34-12-8-30-61(65)69)50-22-16-26-54(40-50)77(55-27-17-23-51(41-55)74-46-70(2)62-31-9-13-35-66(62)74)58-38-39-60(59(44-58)49-20-6-5-7-21-49)78(56-28-18-24-52(42-56)75-47-71(3)63-32-10-14-36-67(63)75)57-29-19-25-53(43-57)76-48-72(4)64-33-11-15-37-68(64)76/h5-48H,1-4H3/q+4/i1D3,2D3,3D3,4D3. The molecule has 4 heterocycles. The number of nitrogens with zero attached hydrogens (tertiary/aromatic N) is 10. The molecular formula is C68H56N10+4. The van der Waals surface area contributed by atoms with E-state index in [4.69, 9.17) is 16.4 Å². The maximum atomic E-state index is 8.50. The topological polar surface area (TPSA) is 41.7 Å². The molecule has 4 aromatic heterocycles. The molecule has 0 aliphatic rings. The maximum Gasteiger partial charge on any atom is 0.249 e. The normalized spacial score (nSPS) is 14.5. The number of rotatable bonds is 11. The summed E-state index contributed by atoms with van der Waals surface area (Å²) in [6.45, 7) is -9.90. The Balaban J connectivity index is 1.01. The zero-order valence-electron chi connectivity index (χ0n) is 53.9. The Hall–Kier alpha value is -10.3. The second kappa shape index (κ2) is 18.8. The molecule has 10 aromatic carbocycles. The number of hydrogen-bond acceptors (Lipinski definition) is 2. The van der Waals surface area contributed by atoms with Crippen LogP contribution in [-0.2, 0) is 27.9 Å². The Morgan fingerprint density at radius 3 is 1.28 bits per heavy atom. The van der Waals surface area contributed by atoms with Gasteiger partial charge in [0.25, 0.3) is 0 Å². The van der Waals surface area contributed by atoms with Crippen molar-refractivity contribution in [1.29, 1.82) is 0 Å². The molecule has 0 unspecified atom stereocenters. The van der Waals surface area contributed by atoms with Gasteiger partial charge in [-0.25, -0.2) is 18.3 Å². The predicted molar refractivity (Wildman–Crippen MR) is 313 cm³/mol. The van der Waals surface area contributed by atoms with E-state index in [-0.39, 0.29) is 0 Å². The number of hydrogen-bond donors (Lipinski definition) is 0. The fourth-order valence-corrected chi connectivity index (χ4v) is 11.0. The lowest BCUT2D eigenvalue weighted by Crippen LogP contribution is -2.29. The molecule has 14 rings (SSSR count). The number of para-hydroxylation sites is 8. The molecule has 0 spiro atoms. The van der Waals surface area contributed by atoms with Gasteiger partial charge in [-0.15, -0.1) is 0 Å². The van der Waals surface area contributed by atoms with Crippen LogP contribution in [0, 0.1) is 0 Å². The average Bonchev–Trinajstić information content (AvgIpc) is 1.29. The molecule has 0 radical (unpaired) electrons. The minimum atomic E-state index is -2.48. The van der Waals surface area contributed by atoms with Gasteiger partial charge in [-0.3, -0.25) is 0 Å². The van der Waals surface area contributed by atoms with E-state index in [0.29, 0.717) is 89.6 Å². The zero-order valence-corrected chi connectivity index (χ0v) is 41.9. The number of anilines is 6. The van der Waals surface area contributed by atoms with Crippen molar-refractivity contribution in [2.24, 2.45) is 27.9 Å². The number of aromatic nitrogens is 8. The Morgan fingerprint density at radius 1 is 0.346 bits per heavy atom. The molecule has 10 nitrogen and oxygen atoms in total. The molecule has 0 aliphatic carbocycles. The number of imidazole rings is 4. The third kappa shape index (κ3) is 7.88. The van der Waals surface area contributed by atoms with Gasteiger partial charge in [-0.2, -0.15) is 18.3 Å². The van der Waals surface area contributed by atoms with Crippen molar-refractivity contribution in [2.45, 2.75) is 0 Å². The molecular weight excluding hydrogens is 957 g/mol. The van der Waals surface area contributed by atoms with Crippen LogP contribution in [0.15, 0.2) is 268 Å². The molecule has 374 valence electrons. The van der Waals surface area contributed by atoms with Crippen LogP contribution in [0.2, 0.25) is 0 Å². The van der Waals surface area contributed by atoms with Gasteiger partial charge < -0.3 is 9.80 Å². The van der Waals surface area contributed by atoms with Crippen LogP contribution in [-0.4, -0.2) is 18.3 Å². The monoisotopic (exact) mass is 1020 g/mol. The van der Waals surface area contributed by atoms with E-state index in [1.54, 1.807) is 49.6 Å². The fourth-order valence-electron chi connectivity index (χ4n) is 11.0. The highest BCUT2D eigenvalue weighted by Gasteiger charge is 2.26. The third-order valence-electron chi connectivity index (χ3n) is 14.6. The van der Waals surface area contributed by atoms with Gasteiger partial charge in [0.05, 0.1) is 72.8 Å². The summed E-state index contributed by atoms with van der Waals surface area (Å²) in [5.41, 5.74) is 13.6. The molecule has 0 saturated carbocycles.